The Labute approximate surface area is 178 Å². The van der Waals surface area contributed by atoms with Crippen LogP contribution in [0, 0.1) is 28.6 Å². The largest absolute Gasteiger partial charge is 0.396 e. The molecule has 0 aliphatic heterocycles. The molecule has 164 valence electrons. The van der Waals surface area contributed by atoms with Gasteiger partial charge in [-0.15, -0.1) is 0 Å². The van der Waals surface area contributed by atoms with Gasteiger partial charge in [0.05, 0.1) is 0 Å². The molecule has 2 N–H and O–H groups in total. The summed E-state index contributed by atoms with van der Waals surface area (Å²) in [6.45, 7) is 6.50. The lowest BCUT2D eigenvalue weighted by molar-refractivity contribution is -0.163. The van der Waals surface area contributed by atoms with Crippen molar-refractivity contribution in [1.82, 2.24) is 0 Å². The minimum Gasteiger partial charge on any atom is -0.396 e. The van der Waals surface area contributed by atoms with Crippen molar-refractivity contribution in [2.45, 2.75) is 58.5 Å². The molecule has 0 bridgehead atoms. The number of Topliss-reactive ketones (excluding diaryl/α,β-unsaturated/α-hetero) is 1. The SMILES string of the molecule is C[C@@H]1CC2C3CCC4=CC(=O)C=C[C@]4(C)C3=CC[C@]2(C)[C@@]1(O)C(=O)COCCCO. The molecule has 2 fully saturated rings. The summed E-state index contributed by atoms with van der Waals surface area (Å²) in [5.74, 6) is 0.229. The van der Waals surface area contributed by atoms with Gasteiger partial charge in [0, 0.05) is 24.0 Å². The zero-order valence-electron chi connectivity index (χ0n) is 18.3. The van der Waals surface area contributed by atoms with E-state index in [1.54, 1.807) is 12.2 Å². The van der Waals surface area contributed by atoms with Gasteiger partial charge in [0.2, 0.25) is 0 Å². The van der Waals surface area contributed by atoms with Crippen molar-refractivity contribution in [3.05, 3.63) is 35.5 Å². The van der Waals surface area contributed by atoms with E-state index in [2.05, 4.69) is 26.0 Å². The molecule has 6 atom stereocenters. The van der Waals surface area contributed by atoms with Crippen molar-refractivity contribution in [3.63, 3.8) is 0 Å². The molecule has 0 radical (unpaired) electrons. The summed E-state index contributed by atoms with van der Waals surface area (Å²) < 4.78 is 5.46. The highest BCUT2D eigenvalue weighted by Gasteiger charge is 2.67. The summed E-state index contributed by atoms with van der Waals surface area (Å²) in [4.78, 5) is 25.1. The Balaban J connectivity index is 1.64. The second-order valence-electron chi connectivity index (χ2n) is 10.1. The molecule has 0 saturated heterocycles. The van der Waals surface area contributed by atoms with E-state index in [0.717, 1.165) is 19.3 Å². The summed E-state index contributed by atoms with van der Waals surface area (Å²) in [6.07, 6.45) is 11.6. The van der Waals surface area contributed by atoms with Gasteiger partial charge >= 0.3 is 0 Å². The molecule has 4 aliphatic rings. The highest BCUT2D eigenvalue weighted by molar-refractivity contribution is 6.01. The number of hydrogen-bond acceptors (Lipinski definition) is 5. The van der Waals surface area contributed by atoms with E-state index < -0.39 is 11.0 Å². The Kier molecular flexibility index (Phi) is 5.44. The third kappa shape index (κ3) is 2.93. The first kappa shape index (κ1) is 21.7. The van der Waals surface area contributed by atoms with Crippen LogP contribution in [-0.4, -0.2) is 47.2 Å². The van der Waals surface area contributed by atoms with Gasteiger partial charge in [-0.1, -0.05) is 37.1 Å². The van der Waals surface area contributed by atoms with Crippen LogP contribution in [0.3, 0.4) is 0 Å². The average molecular weight is 415 g/mol. The summed E-state index contributed by atoms with van der Waals surface area (Å²) in [5.41, 5.74) is 0.391. The number of aliphatic hydroxyl groups excluding tert-OH is 1. The van der Waals surface area contributed by atoms with Gasteiger partial charge in [-0.05, 0) is 68.9 Å². The van der Waals surface area contributed by atoms with Crippen LogP contribution in [0.4, 0.5) is 0 Å². The number of ketones is 2. The van der Waals surface area contributed by atoms with E-state index in [9.17, 15) is 14.7 Å². The minimum atomic E-state index is -1.41. The maximum Gasteiger partial charge on any atom is 0.190 e. The summed E-state index contributed by atoms with van der Waals surface area (Å²) in [6, 6.07) is 0. The highest BCUT2D eigenvalue weighted by Crippen LogP contribution is 2.66. The second-order valence-corrected chi connectivity index (χ2v) is 10.1. The van der Waals surface area contributed by atoms with Crippen molar-refractivity contribution in [1.29, 1.82) is 0 Å². The minimum absolute atomic E-state index is 0.0269. The quantitative estimate of drug-likeness (QED) is 0.515. The lowest BCUT2D eigenvalue weighted by atomic mass is 9.51. The van der Waals surface area contributed by atoms with E-state index in [-0.39, 0.29) is 42.0 Å². The van der Waals surface area contributed by atoms with Crippen LogP contribution in [0.5, 0.6) is 0 Å². The van der Waals surface area contributed by atoms with E-state index in [4.69, 9.17) is 9.84 Å². The van der Waals surface area contributed by atoms with Crippen LogP contribution in [-0.2, 0) is 14.3 Å². The van der Waals surface area contributed by atoms with Gasteiger partial charge in [0.25, 0.3) is 0 Å². The number of fused-ring (bicyclic) bond motifs is 5. The zero-order chi connectivity index (χ0) is 21.7. The molecule has 4 rings (SSSR count). The Morgan fingerprint density at radius 2 is 2.10 bits per heavy atom. The predicted molar refractivity (Wildman–Crippen MR) is 114 cm³/mol. The molecule has 30 heavy (non-hydrogen) atoms. The first-order valence-electron chi connectivity index (χ1n) is 11.3. The number of ether oxygens (including phenoxy) is 1. The van der Waals surface area contributed by atoms with Gasteiger partial charge in [-0.25, -0.2) is 0 Å². The first-order chi connectivity index (χ1) is 14.2. The lowest BCUT2D eigenvalue weighted by Gasteiger charge is -2.53. The monoisotopic (exact) mass is 414 g/mol. The number of allylic oxidation sites excluding steroid dienone is 6. The number of carbonyl (C=O) groups is 2. The lowest BCUT2D eigenvalue weighted by Crippen LogP contribution is -2.57. The molecule has 0 aromatic carbocycles. The van der Waals surface area contributed by atoms with Gasteiger partial charge in [0.15, 0.2) is 11.6 Å². The molecule has 0 aromatic rings. The van der Waals surface area contributed by atoms with Crippen LogP contribution in [0.25, 0.3) is 0 Å². The fourth-order valence-corrected chi connectivity index (χ4v) is 6.90. The molecule has 2 unspecified atom stereocenters. The maximum atomic E-state index is 13.2. The fourth-order valence-electron chi connectivity index (χ4n) is 6.90. The van der Waals surface area contributed by atoms with Gasteiger partial charge in [-0.3, -0.25) is 9.59 Å². The first-order valence-corrected chi connectivity index (χ1v) is 11.3. The molecule has 0 aromatic heterocycles. The molecule has 5 nitrogen and oxygen atoms in total. The number of aliphatic hydroxyl groups is 2. The zero-order valence-corrected chi connectivity index (χ0v) is 18.3. The summed E-state index contributed by atoms with van der Waals surface area (Å²) in [7, 11) is 0. The van der Waals surface area contributed by atoms with Crippen molar-refractivity contribution < 1.29 is 24.5 Å². The molecule has 0 spiro atoms. The smallest absolute Gasteiger partial charge is 0.190 e. The van der Waals surface area contributed by atoms with Crippen LogP contribution in [0.1, 0.15) is 52.9 Å². The van der Waals surface area contributed by atoms with E-state index >= 15 is 0 Å². The Morgan fingerprint density at radius 3 is 2.83 bits per heavy atom. The molecule has 0 heterocycles. The topological polar surface area (TPSA) is 83.8 Å². The van der Waals surface area contributed by atoms with Crippen LogP contribution in [0.2, 0.25) is 0 Å². The average Bonchev–Trinajstić information content (AvgIpc) is 2.93. The van der Waals surface area contributed by atoms with Gasteiger partial charge < -0.3 is 14.9 Å². The third-order valence-corrected chi connectivity index (χ3v) is 8.63. The molecule has 4 aliphatic carbocycles. The van der Waals surface area contributed by atoms with E-state index in [0.29, 0.717) is 25.4 Å². The Hall–Kier alpha value is -1.56. The third-order valence-electron chi connectivity index (χ3n) is 8.63. The van der Waals surface area contributed by atoms with Gasteiger partial charge in [0.1, 0.15) is 12.2 Å². The highest BCUT2D eigenvalue weighted by atomic mass is 16.5. The fraction of sp³-hybridized carbons (Fsp3) is 0.680. The van der Waals surface area contributed by atoms with E-state index in [1.807, 2.05) is 6.92 Å². The van der Waals surface area contributed by atoms with Crippen molar-refractivity contribution in [3.8, 4) is 0 Å². The predicted octanol–water partition coefficient (Wildman–Crippen LogP) is 3.16. The summed E-state index contributed by atoms with van der Waals surface area (Å²) in [5, 5.41) is 20.7. The Bertz CT molecular complexity index is 838. The summed E-state index contributed by atoms with van der Waals surface area (Å²) >= 11 is 0. The van der Waals surface area contributed by atoms with Gasteiger partial charge in [-0.2, -0.15) is 0 Å². The van der Waals surface area contributed by atoms with Crippen LogP contribution in [0.15, 0.2) is 35.5 Å². The molecule has 0 amide bonds. The van der Waals surface area contributed by atoms with Crippen molar-refractivity contribution in [2.24, 2.45) is 28.6 Å². The number of hydrogen-bond donors (Lipinski definition) is 2. The second kappa shape index (κ2) is 7.54. The normalized spacial score (nSPS) is 42.2. The number of carbonyl (C=O) groups excluding carboxylic acids is 2. The molecule has 2 saturated carbocycles. The molecule has 5 heteroatoms. The molecular weight excluding hydrogens is 380 g/mol. The molecular formula is C25H34O5. The van der Waals surface area contributed by atoms with E-state index in [1.165, 1.54) is 11.1 Å². The van der Waals surface area contributed by atoms with Crippen molar-refractivity contribution in [2.75, 3.05) is 19.8 Å². The van der Waals surface area contributed by atoms with Crippen molar-refractivity contribution >= 4 is 11.6 Å². The Morgan fingerprint density at radius 1 is 1.33 bits per heavy atom. The maximum absolute atomic E-state index is 13.2. The standard InChI is InChI=1S/C25H34O5/c1-16-13-21-19-6-5-17-14-18(27)7-9-23(17,2)20(19)8-10-24(21,3)25(16,29)22(28)15-30-12-4-11-26/h7-9,14,16,19,21,26,29H,4-6,10-13,15H2,1-3H3/t16-,19?,21?,23+,24+,25+/m1/s1. The number of rotatable bonds is 6. The van der Waals surface area contributed by atoms with Crippen LogP contribution >= 0.6 is 0 Å². The van der Waals surface area contributed by atoms with Crippen LogP contribution < -0.4 is 0 Å².